The van der Waals surface area contributed by atoms with Gasteiger partial charge in [-0.3, -0.25) is 0 Å². The second-order valence-corrected chi connectivity index (χ2v) is 10.8. The molecular weight excluding hydrogens is 485 g/mol. The van der Waals surface area contributed by atoms with Gasteiger partial charge in [-0.1, -0.05) is 36.6 Å². The zero-order valence-electron chi connectivity index (χ0n) is 21.6. The number of hydrogen-bond acceptors (Lipinski definition) is 5. The van der Waals surface area contributed by atoms with Gasteiger partial charge < -0.3 is 30.5 Å². The first-order chi connectivity index (χ1) is 17.3. The molecule has 3 rings (SSSR count). The normalized spacial score (nSPS) is 22.3. The van der Waals surface area contributed by atoms with Crippen LogP contribution in [-0.2, 0) is 10.3 Å². The first-order valence-electron chi connectivity index (χ1n) is 13.4. The molecule has 4 atom stereocenters. The molecule has 2 aliphatic rings. The lowest BCUT2D eigenvalue weighted by Crippen LogP contribution is -2.57. The number of hydrogen-bond donors (Lipinski definition) is 4. The highest BCUT2D eigenvalue weighted by molar-refractivity contribution is 6.30. The maximum Gasteiger partial charge on any atom is 0.317 e. The number of amides is 2. The number of rotatable bonds is 12. The topological polar surface area (TPSA) is 94.1 Å². The maximum atomic E-state index is 15.1. The average Bonchev–Trinajstić information content (AvgIpc) is 3.42. The van der Waals surface area contributed by atoms with E-state index >= 15 is 4.39 Å². The van der Waals surface area contributed by atoms with Gasteiger partial charge in [0.15, 0.2) is 0 Å². The molecule has 4 N–H and O–H groups in total. The zero-order valence-corrected chi connectivity index (χ0v) is 22.4. The van der Waals surface area contributed by atoms with Gasteiger partial charge in [0.25, 0.3) is 0 Å². The van der Waals surface area contributed by atoms with Crippen LogP contribution >= 0.6 is 11.6 Å². The number of ether oxygens (including phenoxy) is 1. The second kappa shape index (κ2) is 13.9. The van der Waals surface area contributed by atoms with Crippen molar-refractivity contribution < 1.29 is 24.1 Å². The summed E-state index contributed by atoms with van der Waals surface area (Å²) < 4.78 is 20.3. The van der Waals surface area contributed by atoms with Crippen LogP contribution in [0, 0.1) is 17.7 Å². The quantitative estimate of drug-likeness (QED) is 0.308. The Morgan fingerprint density at radius 2 is 2.03 bits per heavy atom. The monoisotopic (exact) mass is 527 g/mol. The Morgan fingerprint density at radius 1 is 1.28 bits per heavy atom. The number of likely N-dealkylation sites (N-methyl/N-ethyl adjacent to an activating group) is 1. The lowest BCUT2D eigenvalue weighted by atomic mass is 9.74. The smallest absolute Gasteiger partial charge is 0.317 e. The summed E-state index contributed by atoms with van der Waals surface area (Å²) in [5.74, 6) is -0.764. The van der Waals surface area contributed by atoms with Crippen molar-refractivity contribution in [1.29, 1.82) is 0 Å². The van der Waals surface area contributed by atoms with Crippen molar-refractivity contribution in [2.75, 3.05) is 40.4 Å². The number of carbonyl (C=O) groups excluding carboxylic acids is 1. The number of aliphatic hydroxyl groups is 2. The van der Waals surface area contributed by atoms with Crippen molar-refractivity contribution in [2.24, 2.45) is 11.8 Å². The molecule has 1 heterocycles. The average molecular weight is 528 g/mol. The van der Waals surface area contributed by atoms with Crippen LogP contribution in [-0.4, -0.2) is 73.7 Å². The van der Waals surface area contributed by atoms with Crippen molar-refractivity contribution in [3.63, 3.8) is 0 Å². The number of piperidine rings is 1. The van der Waals surface area contributed by atoms with E-state index < -0.39 is 23.6 Å². The summed E-state index contributed by atoms with van der Waals surface area (Å²) >= 11 is 6.08. The van der Waals surface area contributed by atoms with Gasteiger partial charge in [-0.25, -0.2) is 9.18 Å². The molecule has 1 saturated heterocycles. The first-order valence-corrected chi connectivity index (χ1v) is 13.7. The highest BCUT2D eigenvalue weighted by Gasteiger charge is 2.43. The Labute approximate surface area is 219 Å². The van der Waals surface area contributed by atoms with Gasteiger partial charge >= 0.3 is 6.03 Å². The molecule has 0 radical (unpaired) electrons. The van der Waals surface area contributed by atoms with Crippen LogP contribution in [0.1, 0.15) is 63.4 Å². The molecule has 1 saturated carbocycles. The lowest BCUT2D eigenvalue weighted by molar-refractivity contribution is -0.0590. The minimum Gasteiger partial charge on any atom is -0.391 e. The van der Waals surface area contributed by atoms with Gasteiger partial charge in [-0.15, -0.1) is 0 Å². The molecule has 1 aliphatic heterocycles. The Bertz CT molecular complexity index is 841. The summed E-state index contributed by atoms with van der Waals surface area (Å²) in [5.41, 5.74) is -1.28. The van der Waals surface area contributed by atoms with E-state index in [-0.39, 0.29) is 28.5 Å². The third-order valence-electron chi connectivity index (χ3n) is 7.99. The molecule has 7 nitrogen and oxygen atoms in total. The number of carbonyl (C=O) groups is 1. The van der Waals surface area contributed by atoms with Crippen LogP contribution in [0.4, 0.5) is 9.18 Å². The van der Waals surface area contributed by atoms with Crippen molar-refractivity contribution in [3.8, 4) is 0 Å². The molecule has 0 aromatic heterocycles. The van der Waals surface area contributed by atoms with E-state index in [1.165, 1.54) is 6.07 Å². The Hall–Kier alpha value is -1.45. The molecule has 36 heavy (non-hydrogen) atoms. The number of methoxy groups -OCH3 is 1. The van der Waals surface area contributed by atoms with Crippen molar-refractivity contribution in [2.45, 2.75) is 75.5 Å². The largest absolute Gasteiger partial charge is 0.391 e. The van der Waals surface area contributed by atoms with Crippen LogP contribution in [0.3, 0.4) is 0 Å². The highest BCUT2D eigenvalue weighted by atomic mass is 35.5. The Kier molecular flexibility index (Phi) is 11.2. The summed E-state index contributed by atoms with van der Waals surface area (Å²) in [6.07, 6.45) is 6.66. The Morgan fingerprint density at radius 3 is 2.72 bits per heavy atom. The van der Waals surface area contributed by atoms with Gasteiger partial charge in [-0.2, -0.15) is 0 Å². The number of halogens is 2. The van der Waals surface area contributed by atoms with E-state index in [4.69, 9.17) is 16.3 Å². The third kappa shape index (κ3) is 7.10. The fraction of sp³-hybridized carbons (Fsp3) is 0.741. The zero-order chi connectivity index (χ0) is 26.1. The van der Waals surface area contributed by atoms with Gasteiger partial charge in [0, 0.05) is 44.8 Å². The molecule has 2 amide bonds. The maximum absolute atomic E-state index is 15.1. The molecule has 0 unspecified atom stereocenters. The minimum absolute atomic E-state index is 0.0240. The van der Waals surface area contributed by atoms with Gasteiger partial charge in [0.05, 0.1) is 22.8 Å². The summed E-state index contributed by atoms with van der Waals surface area (Å²) in [5, 5.41) is 29.0. The van der Waals surface area contributed by atoms with Crippen LogP contribution in [0.2, 0.25) is 5.02 Å². The van der Waals surface area contributed by atoms with E-state index in [2.05, 4.69) is 10.6 Å². The van der Waals surface area contributed by atoms with Gasteiger partial charge in [0.1, 0.15) is 5.82 Å². The van der Waals surface area contributed by atoms with E-state index in [0.717, 1.165) is 32.1 Å². The number of likely N-dealkylation sites (tertiary alicyclic amines) is 1. The van der Waals surface area contributed by atoms with E-state index in [1.54, 1.807) is 31.2 Å². The van der Waals surface area contributed by atoms with Gasteiger partial charge in [-0.05, 0) is 64.0 Å². The molecule has 1 aromatic carbocycles. The van der Waals surface area contributed by atoms with Crippen LogP contribution in [0.25, 0.3) is 0 Å². The van der Waals surface area contributed by atoms with Crippen molar-refractivity contribution in [3.05, 3.63) is 34.6 Å². The molecule has 9 heteroatoms. The summed E-state index contributed by atoms with van der Waals surface area (Å²) in [6.45, 7) is 1.87. The van der Waals surface area contributed by atoms with E-state index in [0.29, 0.717) is 51.9 Å². The SMILES string of the molecule is CNC[C@@H](NC(=O)N1CCC[C@@H]([C@@](O)(CCCCOC)c2cccc(Cl)c2F)C1)[C@H](O)C1CCCC1. The Balaban J connectivity index is 1.75. The van der Waals surface area contributed by atoms with E-state index in [9.17, 15) is 15.0 Å². The van der Waals surface area contributed by atoms with Crippen molar-refractivity contribution >= 4 is 17.6 Å². The summed E-state index contributed by atoms with van der Waals surface area (Å²) in [4.78, 5) is 15.0. The van der Waals surface area contributed by atoms with Crippen LogP contribution in [0.15, 0.2) is 18.2 Å². The lowest BCUT2D eigenvalue weighted by Gasteiger charge is -2.43. The number of urea groups is 1. The molecule has 0 spiro atoms. The summed E-state index contributed by atoms with van der Waals surface area (Å²) in [6, 6.07) is 4.07. The number of nitrogens with one attached hydrogen (secondary N) is 2. The predicted molar refractivity (Wildman–Crippen MR) is 140 cm³/mol. The van der Waals surface area contributed by atoms with Gasteiger partial charge in [0.2, 0.25) is 0 Å². The second-order valence-electron chi connectivity index (χ2n) is 10.4. The highest BCUT2D eigenvalue weighted by Crippen LogP contribution is 2.42. The molecule has 2 fully saturated rings. The molecule has 1 aliphatic carbocycles. The summed E-state index contributed by atoms with van der Waals surface area (Å²) in [7, 11) is 3.44. The standard InChI is InChI=1S/C27H43ClFN3O4/c1-30-17-23(25(33)19-9-3-4-10-19)31-26(34)32-15-8-11-20(18-32)27(35,14-5-6-16-36-2)21-12-7-13-22(28)24(21)29/h7,12-13,19-20,23,25,30,33,35H,3-6,8-11,14-18H2,1-2H3,(H,31,34)/t20-,23-,25-,27+/m1/s1. The fourth-order valence-corrected chi connectivity index (χ4v) is 6.12. The van der Waals surface area contributed by atoms with E-state index in [1.807, 2.05) is 0 Å². The van der Waals surface area contributed by atoms with Crippen LogP contribution in [0.5, 0.6) is 0 Å². The molecular formula is C27H43ClFN3O4. The molecule has 0 bridgehead atoms. The third-order valence-corrected chi connectivity index (χ3v) is 8.28. The molecule has 1 aromatic rings. The number of aliphatic hydroxyl groups excluding tert-OH is 1. The van der Waals surface area contributed by atoms with Crippen LogP contribution < -0.4 is 10.6 Å². The number of nitrogens with zero attached hydrogens (tertiary/aromatic N) is 1. The predicted octanol–water partition coefficient (Wildman–Crippen LogP) is 4.04. The minimum atomic E-state index is -1.46. The number of unbranched alkanes of at least 4 members (excludes halogenated alkanes) is 1. The fourth-order valence-electron chi connectivity index (χ4n) is 5.94. The molecule has 204 valence electrons. The van der Waals surface area contributed by atoms with Crippen molar-refractivity contribution in [1.82, 2.24) is 15.5 Å². The number of benzene rings is 1. The first kappa shape index (κ1) is 29.1.